The highest BCUT2D eigenvalue weighted by Crippen LogP contribution is 2.38. The summed E-state index contributed by atoms with van der Waals surface area (Å²) >= 11 is 1.67. The van der Waals surface area contributed by atoms with E-state index in [2.05, 4.69) is 39.6 Å². The molecule has 0 unspecified atom stereocenters. The first kappa shape index (κ1) is 10.6. The van der Waals surface area contributed by atoms with E-state index < -0.39 is 0 Å². The molecule has 0 bridgehead atoms. The minimum Gasteiger partial charge on any atom is -0.225 e. The van der Waals surface area contributed by atoms with E-state index in [4.69, 9.17) is 0 Å². The highest BCUT2D eigenvalue weighted by atomic mass is 32.1. The molecule has 0 fully saturated rings. The predicted molar refractivity (Wildman–Crippen MR) is 74.1 cm³/mol. The van der Waals surface area contributed by atoms with Crippen molar-refractivity contribution in [1.82, 2.24) is 25.0 Å². The molecule has 5 nitrogen and oxygen atoms in total. The van der Waals surface area contributed by atoms with E-state index in [9.17, 15) is 0 Å². The van der Waals surface area contributed by atoms with Crippen molar-refractivity contribution < 1.29 is 0 Å². The third-order valence-corrected chi connectivity index (χ3v) is 4.14. The Bertz CT molecular complexity index is 878. The zero-order chi connectivity index (χ0) is 12.8. The maximum absolute atomic E-state index is 4.43. The second kappa shape index (κ2) is 3.83. The van der Waals surface area contributed by atoms with Crippen LogP contribution in [0.2, 0.25) is 0 Å². The van der Waals surface area contributed by atoms with E-state index in [1.54, 1.807) is 22.2 Å². The van der Waals surface area contributed by atoms with Gasteiger partial charge < -0.3 is 0 Å². The molecule has 0 spiro atoms. The highest BCUT2D eigenvalue weighted by molar-refractivity contribution is 7.19. The fraction of sp³-hybridized carbons (Fsp3) is 0.0769. The lowest BCUT2D eigenvalue weighted by molar-refractivity contribution is 0.813. The second-order valence-corrected chi connectivity index (χ2v) is 5.47. The highest BCUT2D eigenvalue weighted by Gasteiger charge is 2.16. The quantitative estimate of drug-likeness (QED) is 0.532. The van der Waals surface area contributed by atoms with Crippen molar-refractivity contribution >= 4 is 27.2 Å². The molecule has 92 valence electrons. The number of nitrogens with zero attached hydrogens (tertiary/aromatic N) is 5. The summed E-state index contributed by atoms with van der Waals surface area (Å²) in [5.74, 6) is 0. The minimum atomic E-state index is 0.758. The molecule has 0 aliphatic carbocycles. The van der Waals surface area contributed by atoms with Gasteiger partial charge in [0.05, 0.1) is 5.39 Å². The Balaban J connectivity index is 2.20. The molecule has 0 atom stereocenters. The van der Waals surface area contributed by atoms with E-state index in [0.29, 0.717) is 0 Å². The van der Waals surface area contributed by atoms with Gasteiger partial charge in [-0.25, -0.2) is 4.98 Å². The molecule has 4 rings (SSSR count). The molecule has 0 radical (unpaired) electrons. The molecule has 0 amide bonds. The van der Waals surface area contributed by atoms with E-state index in [1.165, 1.54) is 16.0 Å². The van der Waals surface area contributed by atoms with Gasteiger partial charge in [-0.3, -0.25) is 0 Å². The van der Waals surface area contributed by atoms with E-state index in [0.717, 1.165) is 15.9 Å². The van der Waals surface area contributed by atoms with Crippen LogP contribution in [0.3, 0.4) is 0 Å². The number of tetrazole rings is 1. The molecule has 0 aliphatic heterocycles. The number of aryl methyl sites for hydroxylation is 1. The molecule has 3 aromatic heterocycles. The van der Waals surface area contributed by atoms with Gasteiger partial charge in [-0.05, 0) is 22.9 Å². The average molecular weight is 267 g/mol. The molecule has 0 saturated carbocycles. The first-order chi connectivity index (χ1) is 9.34. The number of rotatable bonds is 1. The van der Waals surface area contributed by atoms with E-state index in [1.807, 2.05) is 18.2 Å². The Hall–Kier alpha value is -2.34. The maximum Gasteiger partial charge on any atom is 0.191 e. The van der Waals surface area contributed by atoms with Crippen LogP contribution in [0.1, 0.15) is 4.88 Å². The van der Waals surface area contributed by atoms with Gasteiger partial charge in [-0.2, -0.15) is 4.52 Å². The van der Waals surface area contributed by atoms with Crippen LogP contribution >= 0.6 is 11.3 Å². The number of hydrogen-bond acceptors (Lipinski definition) is 5. The van der Waals surface area contributed by atoms with Crippen LogP contribution in [0.5, 0.6) is 0 Å². The summed E-state index contributed by atoms with van der Waals surface area (Å²) in [7, 11) is 0. The number of hydrogen-bond donors (Lipinski definition) is 0. The number of aromatic nitrogens is 5. The van der Waals surface area contributed by atoms with Gasteiger partial charge in [-0.15, -0.1) is 16.4 Å². The first-order valence-corrected chi connectivity index (χ1v) is 6.67. The molecular formula is C13H9N5S. The summed E-state index contributed by atoms with van der Waals surface area (Å²) in [5.41, 5.74) is 3.10. The Morgan fingerprint density at radius 1 is 1.16 bits per heavy atom. The van der Waals surface area contributed by atoms with Gasteiger partial charge in [0.15, 0.2) is 5.65 Å². The average Bonchev–Trinajstić information content (AvgIpc) is 3.02. The lowest BCUT2D eigenvalue weighted by Gasteiger charge is -2.01. The van der Waals surface area contributed by atoms with Crippen LogP contribution in [0, 0.1) is 6.92 Å². The van der Waals surface area contributed by atoms with Crippen LogP contribution in [-0.2, 0) is 0 Å². The Morgan fingerprint density at radius 2 is 2.00 bits per heavy atom. The van der Waals surface area contributed by atoms with Gasteiger partial charge in [-0.1, -0.05) is 30.3 Å². The summed E-state index contributed by atoms with van der Waals surface area (Å²) in [6, 6.07) is 10.3. The lowest BCUT2D eigenvalue weighted by Crippen LogP contribution is -1.90. The number of benzene rings is 1. The monoisotopic (exact) mass is 267 g/mol. The molecule has 0 N–H and O–H groups in total. The largest absolute Gasteiger partial charge is 0.225 e. The van der Waals surface area contributed by atoms with Gasteiger partial charge in [0.1, 0.15) is 11.2 Å². The maximum atomic E-state index is 4.43. The van der Waals surface area contributed by atoms with Crippen molar-refractivity contribution in [2.24, 2.45) is 0 Å². The number of fused-ring (bicyclic) bond motifs is 3. The van der Waals surface area contributed by atoms with E-state index >= 15 is 0 Å². The smallest absolute Gasteiger partial charge is 0.191 e. The van der Waals surface area contributed by atoms with Crippen LogP contribution in [0.25, 0.3) is 27.0 Å². The molecule has 0 aliphatic rings. The Labute approximate surface area is 112 Å². The number of thiophene rings is 1. The molecule has 0 saturated heterocycles. The lowest BCUT2D eigenvalue weighted by atomic mass is 10.0. The molecule has 19 heavy (non-hydrogen) atoms. The van der Waals surface area contributed by atoms with Crippen molar-refractivity contribution in [3.63, 3.8) is 0 Å². The van der Waals surface area contributed by atoms with Crippen LogP contribution in [-0.4, -0.2) is 25.0 Å². The van der Waals surface area contributed by atoms with Gasteiger partial charge in [0.2, 0.25) is 0 Å². The minimum absolute atomic E-state index is 0.758. The summed E-state index contributed by atoms with van der Waals surface area (Å²) in [6.45, 7) is 2.11. The summed E-state index contributed by atoms with van der Waals surface area (Å²) in [5, 5.41) is 12.8. The topological polar surface area (TPSA) is 56.0 Å². The van der Waals surface area contributed by atoms with Gasteiger partial charge in [0, 0.05) is 10.4 Å². The molecule has 4 aromatic rings. The zero-order valence-electron chi connectivity index (χ0n) is 10.1. The standard InChI is InChI=1S/C13H9N5S/c1-8-10(9-5-3-2-4-6-9)11-12-15-16-17-18(12)7-14-13(11)19-8/h2-7H,1H3. The zero-order valence-corrected chi connectivity index (χ0v) is 10.9. The first-order valence-electron chi connectivity index (χ1n) is 5.86. The SMILES string of the molecule is Cc1sc2ncn3nnnc3c2c1-c1ccccc1. The Kier molecular flexibility index (Phi) is 2.13. The fourth-order valence-corrected chi connectivity index (χ4v) is 3.33. The Morgan fingerprint density at radius 3 is 2.84 bits per heavy atom. The van der Waals surface area contributed by atoms with Crippen LogP contribution < -0.4 is 0 Å². The van der Waals surface area contributed by atoms with Crippen molar-refractivity contribution in [3.05, 3.63) is 41.5 Å². The summed E-state index contributed by atoms with van der Waals surface area (Å²) in [4.78, 5) is 6.63. The molecule has 1 aromatic carbocycles. The fourth-order valence-electron chi connectivity index (χ4n) is 2.32. The van der Waals surface area contributed by atoms with Crippen LogP contribution in [0.15, 0.2) is 36.7 Å². The summed E-state index contributed by atoms with van der Waals surface area (Å²) < 4.78 is 1.61. The molecule has 6 heteroatoms. The van der Waals surface area contributed by atoms with Gasteiger partial charge in [0.25, 0.3) is 0 Å². The third kappa shape index (κ3) is 1.47. The third-order valence-electron chi connectivity index (χ3n) is 3.13. The normalized spacial score (nSPS) is 11.4. The second-order valence-electron chi connectivity index (χ2n) is 4.27. The van der Waals surface area contributed by atoms with Crippen LogP contribution in [0.4, 0.5) is 0 Å². The van der Waals surface area contributed by atoms with Crippen molar-refractivity contribution in [2.75, 3.05) is 0 Å². The molecule has 3 heterocycles. The van der Waals surface area contributed by atoms with E-state index in [-0.39, 0.29) is 0 Å². The molecular weight excluding hydrogens is 258 g/mol. The summed E-state index contributed by atoms with van der Waals surface area (Å²) in [6.07, 6.45) is 1.66. The van der Waals surface area contributed by atoms with Crippen molar-refractivity contribution in [2.45, 2.75) is 6.92 Å². The van der Waals surface area contributed by atoms with Gasteiger partial charge >= 0.3 is 0 Å². The van der Waals surface area contributed by atoms with Crippen molar-refractivity contribution in [1.29, 1.82) is 0 Å². The van der Waals surface area contributed by atoms with Crippen molar-refractivity contribution in [3.8, 4) is 11.1 Å². The predicted octanol–water partition coefficient (Wildman–Crippen LogP) is 2.71.